The van der Waals surface area contributed by atoms with Gasteiger partial charge in [0, 0.05) is 35.6 Å². The lowest BCUT2D eigenvalue weighted by Gasteiger charge is -2.03. The second kappa shape index (κ2) is 6.34. The second-order valence-electron chi connectivity index (χ2n) is 4.72. The Morgan fingerprint density at radius 2 is 1.86 bits per heavy atom. The maximum Gasteiger partial charge on any atom is 0.103 e. The Balaban J connectivity index is 2.16. The van der Waals surface area contributed by atoms with Crippen LogP contribution in [0, 0.1) is 0 Å². The lowest BCUT2D eigenvalue weighted by atomic mass is 10.1. The molecule has 2 aromatic carbocycles. The number of aromatic nitrogens is 2. The van der Waals surface area contributed by atoms with Gasteiger partial charge in [-0.2, -0.15) is 5.10 Å². The first kappa shape index (κ1) is 14.8. The Kier molecular flexibility index (Phi) is 4.27. The van der Waals surface area contributed by atoms with Gasteiger partial charge in [-0.1, -0.05) is 41.4 Å². The van der Waals surface area contributed by atoms with E-state index < -0.39 is 0 Å². The van der Waals surface area contributed by atoms with E-state index >= 15 is 0 Å². The zero-order chi connectivity index (χ0) is 15.5. The quantitative estimate of drug-likeness (QED) is 0.629. The minimum atomic E-state index is 0.566. The van der Waals surface area contributed by atoms with Crippen molar-refractivity contribution in [2.45, 2.75) is 0 Å². The van der Waals surface area contributed by atoms with Crippen LogP contribution in [-0.4, -0.2) is 23.0 Å². The summed E-state index contributed by atoms with van der Waals surface area (Å²) in [5.41, 5.74) is 3.48. The maximum absolute atomic E-state index is 6.31. The van der Waals surface area contributed by atoms with E-state index in [0.29, 0.717) is 10.0 Å². The number of halogens is 2. The highest BCUT2D eigenvalue weighted by atomic mass is 35.5. The van der Waals surface area contributed by atoms with Crippen molar-refractivity contribution in [3.8, 4) is 16.9 Å². The third kappa shape index (κ3) is 2.91. The first-order valence-corrected chi connectivity index (χ1v) is 7.47. The number of aliphatic imine (C=N–C) groups is 1. The molecule has 110 valence electrons. The van der Waals surface area contributed by atoms with Crippen LogP contribution in [0.15, 0.2) is 59.7 Å². The molecule has 0 saturated carbocycles. The molecule has 0 spiro atoms. The number of rotatable bonds is 3. The average Bonchev–Trinajstić information content (AvgIpc) is 2.92. The molecule has 0 bridgehead atoms. The first-order chi connectivity index (χ1) is 10.7. The van der Waals surface area contributed by atoms with Gasteiger partial charge in [0.25, 0.3) is 0 Å². The van der Waals surface area contributed by atoms with E-state index in [1.165, 1.54) is 0 Å². The smallest absolute Gasteiger partial charge is 0.103 e. The predicted molar refractivity (Wildman–Crippen MR) is 92.5 cm³/mol. The van der Waals surface area contributed by atoms with E-state index in [0.717, 1.165) is 22.5 Å². The van der Waals surface area contributed by atoms with Gasteiger partial charge in [0.15, 0.2) is 0 Å². The Bertz CT molecular complexity index is 823. The van der Waals surface area contributed by atoms with Gasteiger partial charge in [0.1, 0.15) is 5.69 Å². The summed E-state index contributed by atoms with van der Waals surface area (Å²) in [6, 6.07) is 15.3. The Morgan fingerprint density at radius 3 is 2.55 bits per heavy atom. The molecule has 0 aliphatic carbocycles. The molecule has 0 aliphatic heterocycles. The highest BCUT2D eigenvalue weighted by molar-refractivity contribution is 6.36. The van der Waals surface area contributed by atoms with Crippen LogP contribution in [0.1, 0.15) is 5.56 Å². The van der Waals surface area contributed by atoms with Crippen molar-refractivity contribution in [3.63, 3.8) is 0 Å². The number of benzene rings is 2. The zero-order valence-corrected chi connectivity index (χ0v) is 13.4. The standard InChI is InChI=1S/C17H13Cl2N3/c1-20-10-12-11-22(14-5-3-2-4-6-14)21-17(12)15-8-7-13(18)9-16(15)19/h2-11H,1H3. The van der Waals surface area contributed by atoms with Crippen LogP contribution in [0.2, 0.25) is 10.0 Å². The van der Waals surface area contributed by atoms with E-state index in [9.17, 15) is 0 Å². The monoisotopic (exact) mass is 329 g/mol. The van der Waals surface area contributed by atoms with Crippen molar-refractivity contribution < 1.29 is 0 Å². The van der Waals surface area contributed by atoms with Crippen molar-refractivity contribution in [3.05, 3.63) is 70.3 Å². The summed E-state index contributed by atoms with van der Waals surface area (Å²) < 4.78 is 1.82. The van der Waals surface area contributed by atoms with Gasteiger partial charge in [-0.05, 0) is 30.3 Å². The summed E-state index contributed by atoms with van der Waals surface area (Å²) in [7, 11) is 1.73. The van der Waals surface area contributed by atoms with Crippen molar-refractivity contribution >= 4 is 29.4 Å². The van der Waals surface area contributed by atoms with E-state index in [-0.39, 0.29) is 0 Å². The molecule has 3 rings (SSSR count). The largest absolute Gasteiger partial charge is 0.296 e. The van der Waals surface area contributed by atoms with Gasteiger partial charge in [0.05, 0.1) is 10.7 Å². The number of para-hydroxylation sites is 1. The van der Waals surface area contributed by atoms with E-state index in [4.69, 9.17) is 23.2 Å². The zero-order valence-electron chi connectivity index (χ0n) is 11.9. The highest BCUT2D eigenvalue weighted by Crippen LogP contribution is 2.31. The molecular formula is C17H13Cl2N3. The first-order valence-electron chi connectivity index (χ1n) is 6.71. The normalized spacial score (nSPS) is 11.2. The molecule has 3 aromatic rings. The Morgan fingerprint density at radius 1 is 1.09 bits per heavy atom. The summed E-state index contributed by atoms with van der Waals surface area (Å²) >= 11 is 12.3. The molecule has 0 unspecified atom stereocenters. The molecule has 5 heteroatoms. The van der Waals surface area contributed by atoms with Gasteiger partial charge in [-0.15, -0.1) is 0 Å². The fourth-order valence-corrected chi connectivity index (χ4v) is 2.72. The van der Waals surface area contributed by atoms with Crippen LogP contribution >= 0.6 is 23.2 Å². The van der Waals surface area contributed by atoms with Crippen molar-refractivity contribution in [1.29, 1.82) is 0 Å². The summed E-state index contributed by atoms with van der Waals surface area (Å²) in [5.74, 6) is 0. The molecule has 0 amide bonds. The molecule has 1 aromatic heterocycles. The summed E-state index contributed by atoms with van der Waals surface area (Å²) in [4.78, 5) is 4.10. The fraction of sp³-hybridized carbons (Fsp3) is 0.0588. The van der Waals surface area contributed by atoms with Gasteiger partial charge in [-0.25, -0.2) is 4.68 Å². The number of hydrogen-bond donors (Lipinski definition) is 0. The molecule has 1 heterocycles. The van der Waals surface area contributed by atoms with Crippen molar-refractivity contribution in [1.82, 2.24) is 9.78 Å². The second-order valence-corrected chi connectivity index (χ2v) is 5.57. The van der Waals surface area contributed by atoms with E-state index in [1.54, 1.807) is 25.4 Å². The predicted octanol–water partition coefficient (Wildman–Crippen LogP) is 4.89. The topological polar surface area (TPSA) is 30.2 Å². The molecule has 0 fully saturated rings. The van der Waals surface area contributed by atoms with E-state index in [1.807, 2.05) is 47.3 Å². The van der Waals surface area contributed by atoms with Crippen LogP contribution in [0.4, 0.5) is 0 Å². The molecule has 0 N–H and O–H groups in total. The summed E-state index contributed by atoms with van der Waals surface area (Å²) in [6.45, 7) is 0. The number of nitrogens with zero attached hydrogens (tertiary/aromatic N) is 3. The molecular weight excluding hydrogens is 317 g/mol. The van der Waals surface area contributed by atoms with Crippen LogP contribution < -0.4 is 0 Å². The van der Waals surface area contributed by atoms with Crippen LogP contribution in [0.5, 0.6) is 0 Å². The molecule has 0 saturated heterocycles. The fourth-order valence-electron chi connectivity index (χ4n) is 2.22. The van der Waals surface area contributed by atoms with Crippen molar-refractivity contribution in [2.75, 3.05) is 7.05 Å². The van der Waals surface area contributed by atoms with Crippen LogP contribution in [0.3, 0.4) is 0 Å². The highest BCUT2D eigenvalue weighted by Gasteiger charge is 2.14. The van der Waals surface area contributed by atoms with E-state index in [2.05, 4.69) is 10.1 Å². The molecule has 0 aliphatic rings. The molecule has 22 heavy (non-hydrogen) atoms. The van der Waals surface area contributed by atoms with Crippen LogP contribution in [-0.2, 0) is 0 Å². The van der Waals surface area contributed by atoms with Gasteiger partial charge in [-0.3, -0.25) is 4.99 Å². The Hall–Kier alpha value is -2.10. The van der Waals surface area contributed by atoms with Gasteiger partial charge < -0.3 is 0 Å². The molecule has 0 radical (unpaired) electrons. The average molecular weight is 330 g/mol. The SMILES string of the molecule is CN=Cc1cn(-c2ccccc2)nc1-c1ccc(Cl)cc1Cl. The lowest BCUT2D eigenvalue weighted by molar-refractivity contribution is 0.884. The van der Waals surface area contributed by atoms with Crippen molar-refractivity contribution in [2.24, 2.45) is 4.99 Å². The number of hydrogen-bond acceptors (Lipinski definition) is 2. The third-order valence-corrected chi connectivity index (χ3v) is 3.77. The minimum absolute atomic E-state index is 0.566. The summed E-state index contributed by atoms with van der Waals surface area (Å²) in [5, 5.41) is 5.82. The van der Waals surface area contributed by atoms with Crippen LogP contribution in [0.25, 0.3) is 16.9 Å². The molecule has 0 atom stereocenters. The lowest BCUT2D eigenvalue weighted by Crippen LogP contribution is -1.94. The summed E-state index contributed by atoms with van der Waals surface area (Å²) in [6.07, 6.45) is 3.70. The Labute approximate surface area is 138 Å². The van der Waals surface area contributed by atoms with Gasteiger partial charge in [0.2, 0.25) is 0 Å². The maximum atomic E-state index is 6.31. The van der Waals surface area contributed by atoms with Gasteiger partial charge >= 0.3 is 0 Å². The minimum Gasteiger partial charge on any atom is -0.296 e. The third-order valence-electron chi connectivity index (χ3n) is 3.22. The molecule has 3 nitrogen and oxygen atoms in total.